The van der Waals surface area contributed by atoms with E-state index in [0.717, 1.165) is 18.5 Å². The minimum absolute atomic E-state index is 0.0435. The highest BCUT2D eigenvalue weighted by atomic mass is 16.4. The summed E-state index contributed by atoms with van der Waals surface area (Å²) in [4.78, 5) is 27.6. The first-order valence-electron chi connectivity index (χ1n) is 11.0. The van der Waals surface area contributed by atoms with E-state index in [9.17, 15) is 9.59 Å². The molecular weight excluding hydrogens is 388 g/mol. The van der Waals surface area contributed by atoms with Crippen LogP contribution in [0.1, 0.15) is 61.1 Å². The summed E-state index contributed by atoms with van der Waals surface area (Å²) in [6.07, 6.45) is 2.33. The molecule has 0 saturated carbocycles. The number of rotatable bonds is 5. The second-order valence-corrected chi connectivity index (χ2v) is 9.33. The van der Waals surface area contributed by atoms with Crippen molar-refractivity contribution in [2.75, 3.05) is 19.6 Å². The van der Waals surface area contributed by atoms with Crippen molar-refractivity contribution in [1.29, 1.82) is 0 Å². The predicted molar refractivity (Wildman–Crippen MR) is 124 cm³/mol. The molecule has 5 nitrogen and oxygen atoms in total. The Hall–Kier alpha value is -2.92. The first-order chi connectivity index (χ1) is 14.8. The number of benzene rings is 2. The molecule has 4 rings (SSSR count). The molecule has 162 valence electrons. The van der Waals surface area contributed by atoms with Gasteiger partial charge in [-0.1, -0.05) is 63.2 Å². The minimum Gasteiger partial charge on any atom is -0.422 e. The van der Waals surface area contributed by atoms with E-state index in [-0.39, 0.29) is 17.0 Å². The SMILES string of the molecule is CC(C)(C)c1ccc(C(CNC(=O)c2cc3ccccc3oc2=O)N2CCCC2)cc1. The van der Waals surface area contributed by atoms with Gasteiger partial charge in [0.05, 0.1) is 6.04 Å². The van der Waals surface area contributed by atoms with E-state index in [1.165, 1.54) is 24.0 Å². The topological polar surface area (TPSA) is 62.6 Å². The maximum atomic E-state index is 12.9. The molecule has 0 spiro atoms. The Labute approximate surface area is 183 Å². The molecule has 1 N–H and O–H groups in total. The molecule has 0 radical (unpaired) electrons. The van der Waals surface area contributed by atoms with Crippen LogP contribution >= 0.6 is 0 Å². The van der Waals surface area contributed by atoms with Gasteiger partial charge < -0.3 is 9.73 Å². The van der Waals surface area contributed by atoms with E-state index in [2.05, 4.69) is 55.3 Å². The van der Waals surface area contributed by atoms with Crippen molar-refractivity contribution in [3.05, 3.63) is 81.7 Å². The smallest absolute Gasteiger partial charge is 0.349 e. The predicted octanol–water partition coefficient (Wildman–Crippen LogP) is 4.66. The van der Waals surface area contributed by atoms with Crippen LogP contribution in [0.5, 0.6) is 0 Å². The molecule has 1 atom stereocenters. The van der Waals surface area contributed by atoms with Crippen LogP contribution < -0.4 is 10.9 Å². The fourth-order valence-corrected chi connectivity index (χ4v) is 4.22. The average Bonchev–Trinajstić information content (AvgIpc) is 3.27. The number of likely N-dealkylation sites (tertiary alicyclic amines) is 1. The molecule has 1 unspecified atom stereocenters. The third-order valence-electron chi connectivity index (χ3n) is 6.08. The van der Waals surface area contributed by atoms with Gasteiger partial charge in [0.15, 0.2) is 0 Å². The molecule has 2 aromatic carbocycles. The molecule has 1 aromatic heterocycles. The van der Waals surface area contributed by atoms with Crippen LogP contribution in [-0.4, -0.2) is 30.4 Å². The lowest BCUT2D eigenvalue weighted by molar-refractivity contribution is 0.0934. The molecule has 1 amide bonds. The number of fused-ring (bicyclic) bond motifs is 1. The van der Waals surface area contributed by atoms with Gasteiger partial charge in [-0.25, -0.2) is 4.79 Å². The van der Waals surface area contributed by atoms with Gasteiger partial charge in [-0.2, -0.15) is 0 Å². The fraction of sp³-hybridized carbons (Fsp3) is 0.385. The second kappa shape index (κ2) is 8.67. The van der Waals surface area contributed by atoms with Gasteiger partial charge in [-0.3, -0.25) is 9.69 Å². The van der Waals surface area contributed by atoms with E-state index in [4.69, 9.17) is 4.42 Å². The van der Waals surface area contributed by atoms with Crippen LogP contribution in [0.3, 0.4) is 0 Å². The molecule has 31 heavy (non-hydrogen) atoms. The Balaban J connectivity index is 1.55. The largest absolute Gasteiger partial charge is 0.422 e. The maximum Gasteiger partial charge on any atom is 0.349 e. The summed E-state index contributed by atoms with van der Waals surface area (Å²) in [6.45, 7) is 9.08. The summed E-state index contributed by atoms with van der Waals surface area (Å²) < 4.78 is 5.32. The highest BCUT2D eigenvalue weighted by molar-refractivity contribution is 5.96. The van der Waals surface area contributed by atoms with Crippen LogP contribution in [0.25, 0.3) is 11.0 Å². The van der Waals surface area contributed by atoms with Crippen molar-refractivity contribution >= 4 is 16.9 Å². The summed E-state index contributed by atoms with van der Waals surface area (Å²) in [5.74, 6) is -0.394. The summed E-state index contributed by atoms with van der Waals surface area (Å²) in [5.41, 5.74) is 2.48. The minimum atomic E-state index is -0.608. The summed E-state index contributed by atoms with van der Waals surface area (Å²) in [6, 6.07) is 17.6. The lowest BCUT2D eigenvalue weighted by atomic mass is 9.86. The van der Waals surface area contributed by atoms with Crippen molar-refractivity contribution < 1.29 is 9.21 Å². The Bertz CT molecular complexity index is 1120. The second-order valence-electron chi connectivity index (χ2n) is 9.33. The van der Waals surface area contributed by atoms with Gasteiger partial charge in [0.2, 0.25) is 0 Å². The molecule has 1 fully saturated rings. The van der Waals surface area contributed by atoms with Crippen molar-refractivity contribution in [3.63, 3.8) is 0 Å². The standard InChI is InChI=1S/C26H30N2O3/c1-26(2,3)20-12-10-18(11-13-20)22(28-14-6-7-15-28)17-27-24(29)21-16-19-8-4-5-9-23(19)31-25(21)30/h4-5,8-13,16,22H,6-7,14-15,17H2,1-3H3,(H,27,29). The van der Waals surface area contributed by atoms with Crippen LogP contribution in [0, 0.1) is 0 Å². The van der Waals surface area contributed by atoms with E-state index in [0.29, 0.717) is 12.1 Å². The van der Waals surface area contributed by atoms with E-state index >= 15 is 0 Å². The number of nitrogens with zero attached hydrogens (tertiary/aromatic N) is 1. The van der Waals surface area contributed by atoms with Crippen LogP contribution in [0.4, 0.5) is 0 Å². The maximum absolute atomic E-state index is 12.9. The van der Waals surface area contributed by atoms with Crippen LogP contribution in [0.15, 0.2) is 63.8 Å². The van der Waals surface area contributed by atoms with Crippen molar-refractivity contribution in [1.82, 2.24) is 10.2 Å². The Morgan fingerprint density at radius 1 is 1.06 bits per heavy atom. The third kappa shape index (κ3) is 4.72. The first kappa shape index (κ1) is 21.3. The third-order valence-corrected chi connectivity index (χ3v) is 6.08. The van der Waals surface area contributed by atoms with Gasteiger partial charge in [-0.05, 0) is 54.6 Å². The summed E-state index contributed by atoms with van der Waals surface area (Å²) >= 11 is 0. The number of para-hydroxylation sites is 1. The van der Waals surface area contributed by atoms with Gasteiger partial charge >= 0.3 is 5.63 Å². The van der Waals surface area contributed by atoms with E-state index < -0.39 is 11.5 Å². The van der Waals surface area contributed by atoms with Crippen LogP contribution in [0.2, 0.25) is 0 Å². The number of carbonyl (C=O) groups excluding carboxylic acids is 1. The molecule has 0 bridgehead atoms. The molecule has 1 aliphatic heterocycles. The van der Waals surface area contributed by atoms with Gasteiger partial charge in [0, 0.05) is 11.9 Å². The number of carbonyl (C=O) groups is 1. The van der Waals surface area contributed by atoms with Crippen molar-refractivity contribution in [2.45, 2.75) is 45.1 Å². The Morgan fingerprint density at radius 2 is 1.74 bits per heavy atom. The quantitative estimate of drug-likeness (QED) is 0.612. The lowest BCUT2D eigenvalue weighted by Gasteiger charge is -2.29. The zero-order valence-electron chi connectivity index (χ0n) is 18.5. The molecule has 2 heterocycles. The molecular formula is C26H30N2O3. The van der Waals surface area contributed by atoms with Crippen molar-refractivity contribution in [3.8, 4) is 0 Å². The molecule has 1 aliphatic rings. The highest BCUT2D eigenvalue weighted by Gasteiger charge is 2.25. The van der Waals surface area contributed by atoms with E-state index in [1.807, 2.05) is 12.1 Å². The summed E-state index contributed by atoms with van der Waals surface area (Å²) in [5, 5.41) is 3.72. The number of hydrogen-bond donors (Lipinski definition) is 1. The lowest BCUT2D eigenvalue weighted by Crippen LogP contribution is -2.38. The highest BCUT2D eigenvalue weighted by Crippen LogP contribution is 2.28. The number of hydrogen-bond acceptors (Lipinski definition) is 4. The fourth-order valence-electron chi connectivity index (χ4n) is 4.22. The van der Waals surface area contributed by atoms with Crippen molar-refractivity contribution in [2.24, 2.45) is 0 Å². The van der Waals surface area contributed by atoms with Gasteiger partial charge in [0.1, 0.15) is 11.1 Å². The molecule has 1 saturated heterocycles. The number of amides is 1. The molecule has 0 aliphatic carbocycles. The monoisotopic (exact) mass is 418 g/mol. The average molecular weight is 419 g/mol. The Morgan fingerprint density at radius 3 is 2.42 bits per heavy atom. The zero-order valence-corrected chi connectivity index (χ0v) is 18.5. The number of nitrogens with one attached hydrogen (secondary N) is 1. The molecule has 5 heteroatoms. The zero-order chi connectivity index (χ0) is 22.0. The van der Waals surface area contributed by atoms with Gasteiger partial charge in [0.25, 0.3) is 5.91 Å². The van der Waals surface area contributed by atoms with Crippen LogP contribution in [-0.2, 0) is 5.41 Å². The normalized spacial score (nSPS) is 15.8. The molecule has 3 aromatic rings. The first-order valence-corrected chi connectivity index (χ1v) is 11.0. The van der Waals surface area contributed by atoms with Gasteiger partial charge in [-0.15, -0.1) is 0 Å². The Kier molecular flexibility index (Phi) is 5.96. The van der Waals surface area contributed by atoms with E-state index in [1.54, 1.807) is 18.2 Å². The summed E-state index contributed by atoms with van der Waals surface area (Å²) in [7, 11) is 0.